The number of carboxylic acid groups (broad SMARTS) is 1. The Morgan fingerprint density at radius 2 is 2.13 bits per heavy atom. The summed E-state index contributed by atoms with van der Waals surface area (Å²) < 4.78 is 5.28. The molecule has 1 unspecified atom stereocenters. The lowest BCUT2D eigenvalue weighted by Crippen LogP contribution is -2.43. The van der Waals surface area contributed by atoms with E-state index >= 15 is 0 Å². The van der Waals surface area contributed by atoms with Gasteiger partial charge < -0.3 is 9.84 Å². The number of hydrogen-bond donors (Lipinski definition) is 1. The molecular formula is C12H18O3. The largest absolute Gasteiger partial charge is 0.481 e. The highest BCUT2D eigenvalue weighted by atomic mass is 16.5. The normalized spacial score (nSPS) is 30.0. The molecule has 0 radical (unpaired) electrons. The van der Waals surface area contributed by atoms with Crippen molar-refractivity contribution in [3.63, 3.8) is 0 Å². The summed E-state index contributed by atoms with van der Waals surface area (Å²) in [6.07, 6.45) is 8.81. The molecule has 3 heteroatoms. The van der Waals surface area contributed by atoms with Crippen LogP contribution in [0.25, 0.3) is 0 Å². The van der Waals surface area contributed by atoms with Gasteiger partial charge in [-0.25, -0.2) is 0 Å². The van der Waals surface area contributed by atoms with Crippen molar-refractivity contribution in [2.24, 2.45) is 11.3 Å². The first-order chi connectivity index (χ1) is 7.26. The first-order valence-electron chi connectivity index (χ1n) is 5.73. The van der Waals surface area contributed by atoms with Crippen LogP contribution < -0.4 is 0 Å². The highest BCUT2D eigenvalue weighted by Crippen LogP contribution is 2.43. The van der Waals surface area contributed by atoms with Crippen LogP contribution in [0.2, 0.25) is 0 Å². The van der Waals surface area contributed by atoms with Crippen LogP contribution >= 0.6 is 0 Å². The maximum Gasteiger partial charge on any atom is 0.310 e. The zero-order valence-electron chi connectivity index (χ0n) is 8.95. The molecule has 1 saturated heterocycles. The molecule has 1 aliphatic heterocycles. The lowest BCUT2D eigenvalue weighted by molar-refractivity contribution is -0.159. The Morgan fingerprint density at radius 1 is 1.40 bits per heavy atom. The van der Waals surface area contributed by atoms with Gasteiger partial charge in [0, 0.05) is 13.2 Å². The fourth-order valence-corrected chi connectivity index (χ4v) is 2.75. The summed E-state index contributed by atoms with van der Waals surface area (Å²) in [5.74, 6) is -0.421. The number of ether oxygens (including phenoxy) is 1. The fourth-order valence-electron chi connectivity index (χ4n) is 2.75. The van der Waals surface area contributed by atoms with Gasteiger partial charge in [0.25, 0.3) is 0 Å². The van der Waals surface area contributed by atoms with Gasteiger partial charge in [-0.15, -0.1) is 0 Å². The van der Waals surface area contributed by atoms with Crippen LogP contribution in [0, 0.1) is 11.3 Å². The van der Waals surface area contributed by atoms with E-state index < -0.39 is 11.4 Å². The summed E-state index contributed by atoms with van der Waals surface area (Å²) in [5.41, 5.74) is -0.546. The van der Waals surface area contributed by atoms with Crippen LogP contribution in [0.3, 0.4) is 0 Å². The molecule has 84 valence electrons. The Bertz CT molecular complexity index is 264. The van der Waals surface area contributed by atoms with Crippen molar-refractivity contribution in [1.82, 2.24) is 0 Å². The minimum atomic E-state index is -0.637. The molecular weight excluding hydrogens is 192 g/mol. The van der Waals surface area contributed by atoms with Crippen molar-refractivity contribution >= 4 is 5.97 Å². The van der Waals surface area contributed by atoms with E-state index in [1.807, 2.05) is 0 Å². The predicted octanol–water partition coefficient (Wildman–Crippen LogP) is 2.22. The van der Waals surface area contributed by atoms with E-state index in [4.69, 9.17) is 4.74 Å². The third-order valence-electron chi connectivity index (χ3n) is 3.78. The van der Waals surface area contributed by atoms with Crippen molar-refractivity contribution in [1.29, 1.82) is 0 Å². The molecule has 3 nitrogen and oxygen atoms in total. The number of carboxylic acids is 1. The highest BCUT2D eigenvalue weighted by molar-refractivity contribution is 5.75. The third kappa shape index (κ3) is 1.93. The minimum absolute atomic E-state index is 0.215. The van der Waals surface area contributed by atoms with Gasteiger partial charge in [-0.05, 0) is 38.0 Å². The maximum atomic E-state index is 11.5. The molecule has 1 aliphatic carbocycles. The van der Waals surface area contributed by atoms with Crippen LogP contribution in [0.15, 0.2) is 12.2 Å². The summed E-state index contributed by atoms with van der Waals surface area (Å²) in [5, 5.41) is 9.45. The molecule has 2 rings (SSSR count). The number of allylic oxidation sites excluding steroid dienone is 2. The van der Waals surface area contributed by atoms with Gasteiger partial charge in [-0.2, -0.15) is 0 Å². The Kier molecular flexibility index (Phi) is 3.10. The molecule has 0 amide bonds. The second kappa shape index (κ2) is 4.35. The van der Waals surface area contributed by atoms with Gasteiger partial charge in [0.1, 0.15) is 0 Å². The van der Waals surface area contributed by atoms with E-state index in [9.17, 15) is 9.90 Å². The van der Waals surface area contributed by atoms with Gasteiger partial charge in [-0.3, -0.25) is 4.79 Å². The zero-order chi connectivity index (χ0) is 10.7. The Labute approximate surface area is 90.1 Å². The SMILES string of the molecule is O=C(O)C1(C2C=CCCC2)CCOCC1. The molecule has 0 bridgehead atoms. The smallest absolute Gasteiger partial charge is 0.310 e. The van der Waals surface area contributed by atoms with Gasteiger partial charge in [0.15, 0.2) is 0 Å². The summed E-state index contributed by atoms with van der Waals surface area (Å²) in [6.45, 7) is 1.19. The predicted molar refractivity (Wildman–Crippen MR) is 56.6 cm³/mol. The molecule has 1 atom stereocenters. The quantitative estimate of drug-likeness (QED) is 0.711. The van der Waals surface area contributed by atoms with Crippen molar-refractivity contribution < 1.29 is 14.6 Å². The number of carbonyl (C=O) groups is 1. The second-order valence-corrected chi connectivity index (χ2v) is 4.54. The monoisotopic (exact) mass is 210 g/mol. The third-order valence-corrected chi connectivity index (χ3v) is 3.78. The van der Waals surface area contributed by atoms with Crippen molar-refractivity contribution in [2.75, 3.05) is 13.2 Å². The lowest BCUT2D eigenvalue weighted by Gasteiger charge is -2.39. The van der Waals surface area contributed by atoms with Crippen LogP contribution in [0.1, 0.15) is 32.1 Å². The van der Waals surface area contributed by atoms with Crippen LogP contribution in [-0.2, 0) is 9.53 Å². The molecule has 15 heavy (non-hydrogen) atoms. The molecule has 2 aliphatic rings. The molecule has 0 aromatic carbocycles. The molecule has 1 N–H and O–H groups in total. The van der Waals surface area contributed by atoms with Crippen LogP contribution in [0.5, 0.6) is 0 Å². The van der Waals surface area contributed by atoms with E-state index in [0.29, 0.717) is 26.1 Å². The fraction of sp³-hybridized carbons (Fsp3) is 0.750. The number of aliphatic carboxylic acids is 1. The summed E-state index contributed by atoms with van der Waals surface area (Å²) in [4.78, 5) is 11.5. The average molecular weight is 210 g/mol. The highest BCUT2D eigenvalue weighted by Gasteiger charge is 2.45. The van der Waals surface area contributed by atoms with Gasteiger partial charge >= 0.3 is 5.97 Å². The first kappa shape index (κ1) is 10.7. The maximum absolute atomic E-state index is 11.5. The number of hydrogen-bond acceptors (Lipinski definition) is 2. The van der Waals surface area contributed by atoms with E-state index in [0.717, 1.165) is 19.3 Å². The van der Waals surface area contributed by atoms with Crippen molar-refractivity contribution in [3.8, 4) is 0 Å². The standard InChI is InChI=1S/C12H18O3/c13-11(14)12(6-8-15-9-7-12)10-4-2-1-3-5-10/h2,4,10H,1,3,5-9H2,(H,13,14). The molecule has 0 saturated carbocycles. The van der Waals surface area contributed by atoms with E-state index in [2.05, 4.69) is 12.2 Å². The van der Waals surface area contributed by atoms with Crippen molar-refractivity contribution in [2.45, 2.75) is 32.1 Å². The van der Waals surface area contributed by atoms with E-state index in [1.54, 1.807) is 0 Å². The lowest BCUT2D eigenvalue weighted by atomic mass is 9.67. The topological polar surface area (TPSA) is 46.5 Å². The van der Waals surface area contributed by atoms with Crippen LogP contribution in [-0.4, -0.2) is 24.3 Å². The second-order valence-electron chi connectivity index (χ2n) is 4.54. The average Bonchev–Trinajstić information content (AvgIpc) is 2.31. The summed E-state index contributed by atoms with van der Waals surface area (Å²) >= 11 is 0. The molecule has 0 aromatic heterocycles. The first-order valence-corrected chi connectivity index (χ1v) is 5.73. The zero-order valence-corrected chi connectivity index (χ0v) is 8.95. The Balaban J connectivity index is 2.20. The van der Waals surface area contributed by atoms with Gasteiger partial charge in [0.2, 0.25) is 0 Å². The van der Waals surface area contributed by atoms with Gasteiger partial charge in [-0.1, -0.05) is 12.2 Å². The summed E-state index contributed by atoms with van der Waals surface area (Å²) in [7, 11) is 0. The minimum Gasteiger partial charge on any atom is -0.481 e. The number of rotatable bonds is 2. The summed E-state index contributed by atoms with van der Waals surface area (Å²) in [6, 6.07) is 0. The van der Waals surface area contributed by atoms with Gasteiger partial charge in [0.05, 0.1) is 5.41 Å². The molecule has 1 fully saturated rings. The molecule has 0 aromatic rings. The van der Waals surface area contributed by atoms with Crippen LogP contribution in [0.4, 0.5) is 0 Å². The van der Waals surface area contributed by atoms with E-state index in [1.165, 1.54) is 0 Å². The van der Waals surface area contributed by atoms with E-state index in [-0.39, 0.29) is 5.92 Å². The molecule has 0 spiro atoms. The Morgan fingerprint density at radius 3 is 2.67 bits per heavy atom. The molecule has 1 heterocycles. The van der Waals surface area contributed by atoms with Crippen molar-refractivity contribution in [3.05, 3.63) is 12.2 Å². The Hall–Kier alpha value is -0.830.